The first kappa shape index (κ1) is 11.7. The molecule has 5 heteroatoms. The third kappa shape index (κ3) is 2.68. The highest BCUT2D eigenvalue weighted by atomic mass is 79.9. The zero-order chi connectivity index (χ0) is 12.4. The maximum atomic E-state index is 5.65. The molecule has 2 rings (SSSR count). The second-order valence-electron chi connectivity index (χ2n) is 3.78. The normalized spacial score (nSPS) is 10.2. The summed E-state index contributed by atoms with van der Waals surface area (Å²) in [5.74, 6) is 1.000. The monoisotopic (exact) mass is 292 g/mol. The Labute approximate surface area is 108 Å². The molecule has 0 aliphatic carbocycles. The van der Waals surface area contributed by atoms with Gasteiger partial charge in [0.15, 0.2) is 0 Å². The number of nitrogens with two attached hydrogens (primary N) is 2. The Morgan fingerprint density at radius 1 is 1.18 bits per heavy atom. The molecule has 17 heavy (non-hydrogen) atoms. The number of hydrogen-bond acceptors (Lipinski definition) is 4. The number of nitrogen functional groups attached to an aromatic ring is 2. The first-order valence-corrected chi connectivity index (χ1v) is 5.91. The third-order valence-electron chi connectivity index (χ3n) is 2.34. The summed E-state index contributed by atoms with van der Waals surface area (Å²) in [5, 5.41) is 3.17. The number of nitrogens with one attached hydrogen (secondary N) is 1. The molecular formula is C12H13BrN4. The van der Waals surface area contributed by atoms with Gasteiger partial charge in [0, 0.05) is 4.47 Å². The second kappa shape index (κ2) is 4.63. The first-order chi connectivity index (χ1) is 8.06. The lowest BCUT2D eigenvalue weighted by Gasteiger charge is -2.09. The van der Waals surface area contributed by atoms with Crippen molar-refractivity contribution in [2.75, 3.05) is 16.8 Å². The number of pyridine rings is 1. The van der Waals surface area contributed by atoms with Crippen LogP contribution in [0.3, 0.4) is 0 Å². The maximum Gasteiger partial charge on any atom is 0.149 e. The highest BCUT2D eigenvalue weighted by Gasteiger charge is 2.03. The molecule has 0 radical (unpaired) electrons. The fourth-order valence-electron chi connectivity index (χ4n) is 1.41. The average Bonchev–Trinajstić information content (AvgIpc) is 2.27. The number of hydrogen-bond donors (Lipinski definition) is 3. The summed E-state index contributed by atoms with van der Waals surface area (Å²) in [5.41, 5.74) is 13.9. The summed E-state index contributed by atoms with van der Waals surface area (Å²) in [4.78, 5) is 4.15. The van der Waals surface area contributed by atoms with Gasteiger partial charge in [-0.15, -0.1) is 0 Å². The molecule has 0 atom stereocenters. The van der Waals surface area contributed by atoms with Crippen LogP contribution in [0.1, 0.15) is 5.56 Å². The van der Waals surface area contributed by atoms with E-state index in [1.807, 2.05) is 25.1 Å². The summed E-state index contributed by atoms with van der Waals surface area (Å²) in [7, 11) is 0. The van der Waals surface area contributed by atoms with Crippen LogP contribution in [0.4, 0.5) is 23.0 Å². The van der Waals surface area contributed by atoms with E-state index in [1.54, 1.807) is 12.1 Å². The number of nitrogens with zero attached hydrogens (tertiary/aromatic N) is 1. The summed E-state index contributed by atoms with van der Waals surface area (Å²) in [6.07, 6.45) is 0. The van der Waals surface area contributed by atoms with Crippen molar-refractivity contribution in [3.8, 4) is 0 Å². The summed E-state index contributed by atoms with van der Waals surface area (Å²) in [6.45, 7) is 2.04. The van der Waals surface area contributed by atoms with Crippen LogP contribution in [0.5, 0.6) is 0 Å². The lowest BCUT2D eigenvalue weighted by Crippen LogP contribution is -2.01. The van der Waals surface area contributed by atoms with Crippen LogP contribution in [-0.2, 0) is 0 Å². The quantitative estimate of drug-likeness (QED) is 0.795. The smallest absolute Gasteiger partial charge is 0.149 e. The molecule has 0 saturated carbocycles. The molecule has 5 N–H and O–H groups in total. The molecule has 1 heterocycles. The van der Waals surface area contributed by atoms with Crippen molar-refractivity contribution in [2.45, 2.75) is 6.92 Å². The highest BCUT2D eigenvalue weighted by Crippen LogP contribution is 2.27. The zero-order valence-corrected chi connectivity index (χ0v) is 11.0. The van der Waals surface area contributed by atoms with Gasteiger partial charge in [-0.3, -0.25) is 0 Å². The molecule has 0 saturated heterocycles. The van der Waals surface area contributed by atoms with E-state index < -0.39 is 0 Å². The number of aromatic nitrogens is 1. The Morgan fingerprint density at radius 2 is 1.94 bits per heavy atom. The Kier molecular flexibility index (Phi) is 3.19. The Hall–Kier alpha value is -1.75. The molecule has 1 aromatic carbocycles. The van der Waals surface area contributed by atoms with Crippen LogP contribution in [0, 0.1) is 6.92 Å². The number of benzene rings is 1. The van der Waals surface area contributed by atoms with E-state index in [-0.39, 0.29) is 0 Å². The van der Waals surface area contributed by atoms with Gasteiger partial charge in [-0.05, 0) is 52.7 Å². The molecule has 0 amide bonds. The molecule has 0 spiro atoms. The van der Waals surface area contributed by atoms with Crippen LogP contribution < -0.4 is 16.8 Å². The Morgan fingerprint density at radius 3 is 2.59 bits per heavy atom. The van der Waals surface area contributed by atoms with Crippen molar-refractivity contribution in [3.05, 3.63) is 40.4 Å². The van der Waals surface area contributed by atoms with Crippen LogP contribution in [0.25, 0.3) is 0 Å². The molecule has 0 bridgehead atoms. The fraction of sp³-hybridized carbons (Fsp3) is 0.0833. The van der Waals surface area contributed by atoms with Crippen molar-refractivity contribution in [1.29, 1.82) is 0 Å². The van der Waals surface area contributed by atoms with E-state index in [4.69, 9.17) is 11.5 Å². The maximum absolute atomic E-state index is 5.65. The van der Waals surface area contributed by atoms with Crippen molar-refractivity contribution in [3.63, 3.8) is 0 Å². The number of rotatable bonds is 2. The predicted octanol–water partition coefficient (Wildman–Crippen LogP) is 3.06. The van der Waals surface area contributed by atoms with Crippen molar-refractivity contribution in [2.24, 2.45) is 0 Å². The number of aryl methyl sites for hydroxylation is 1. The van der Waals surface area contributed by atoms with Crippen LogP contribution >= 0.6 is 15.9 Å². The molecule has 2 aromatic rings. The van der Waals surface area contributed by atoms with E-state index in [2.05, 4.69) is 26.2 Å². The van der Waals surface area contributed by atoms with Gasteiger partial charge >= 0.3 is 0 Å². The SMILES string of the molecule is Cc1ccc(Nc2ccc(N)c(N)n2)c(Br)c1. The molecule has 0 aliphatic heterocycles. The lowest BCUT2D eigenvalue weighted by atomic mass is 10.2. The highest BCUT2D eigenvalue weighted by molar-refractivity contribution is 9.10. The topological polar surface area (TPSA) is 77.0 Å². The minimum atomic E-state index is 0.332. The van der Waals surface area contributed by atoms with Gasteiger partial charge in [-0.25, -0.2) is 4.98 Å². The van der Waals surface area contributed by atoms with E-state index in [9.17, 15) is 0 Å². The van der Waals surface area contributed by atoms with Crippen LogP contribution in [0.2, 0.25) is 0 Å². The van der Waals surface area contributed by atoms with E-state index in [0.29, 0.717) is 17.3 Å². The second-order valence-corrected chi connectivity index (χ2v) is 4.63. The third-order valence-corrected chi connectivity index (χ3v) is 3.00. The molecule has 0 aliphatic rings. The minimum absolute atomic E-state index is 0.332. The van der Waals surface area contributed by atoms with E-state index in [0.717, 1.165) is 10.2 Å². The van der Waals surface area contributed by atoms with Gasteiger partial charge in [-0.2, -0.15) is 0 Å². The molecule has 0 unspecified atom stereocenters. The largest absolute Gasteiger partial charge is 0.396 e. The average molecular weight is 293 g/mol. The zero-order valence-electron chi connectivity index (χ0n) is 9.37. The van der Waals surface area contributed by atoms with Gasteiger partial charge in [-0.1, -0.05) is 6.07 Å². The summed E-state index contributed by atoms with van der Waals surface area (Å²) >= 11 is 3.49. The van der Waals surface area contributed by atoms with Gasteiger partial charge in [0.2, 0.25) is 0 Å². The fourth-order valence-corrected chi connectivity index (χ4v) is 2.01. The Balaban J connectivity index is 2.28. The predicted molar refractivity (Wildman–Crippen MR) is 75.2 cm³/mol. The van der Waals surface area contributed by atoms with Crippen LogP contribution in [-0.4, -0.2) is 4.98 Å². The molecular weight excluding hydrogens is 280 g/mol. The molecule has 0 fully saturated rings. The molecule has 4 nitrogen and oxygen atoms in total. The van der Waals surface area contributed by atoms with E-state index in [1.165, 1.54) is 5.56 Å². The minimum Gasteiger partial charge on any atom is -0.396 e. The van der Waals surface area contributed by atoms with Gasteiger partial charge in [0.25, 0.3) is 0 Å². The van der Waals surface area contributed by atoms with Gasteiger partial charge < -0.3 is 16.8 Å². The Bertz CT molecular complexity index is 554. The number of halogens is 1. The number of anilines is 4. The van der Waals surface area contributed by atoms with Gasteiger partial charge in [0.1, 0.15) is 11.6 Å². The standard InChI is InChI=1S/C12H13BrN4/c1-7-2-4-10(8(13)6-7)16-11-5-3-9(14)12(15)17-11/h2-6H,14H2,1H3,(H3,15,16,17). The van der Waals surface area contributed by atoms with Crippen molar-refractivity contribution < 1.29 is 0 Å². The van der Waals surface area contributed by atoms with Gasteiger partial charge in [0.05, 0.1) is 11.4 Å². The summed E-state index contributed by atoms with van der Waals surface area (Å²) < 4.78 is 0.981. The molecule has 1 aromatic heterocycles. The van der Waals surface area contributed by atoms with E-state index >= 15 is 0 Å². The summed E-state index contributed by atoms with van der Waals surface area (Å²) in [6, 6.07) is 9.55. The van der Waals surface area contributed by atoms with Crippen LogP contribution in [0.15, 0.2) is 34.8 Å². The molecule has 88 valence electrons. The van der Waals surface area contributed by atoms with Crippen molar-refractivity contribution in [1.82, 2.24) is 4.98 Å². The van der Waals surface area contributed by atoms with Crippen molar-refractivity contribution >= 4 is 38.9 Å². The lowest BCUT2D eigenvalue weighted by molar-refractivity contribution is 1.31. The first-order valence-electron chi connectivity index (χ1n) is 5.11.